The van der Waals surface area contributed by atoms with E-state index in [0.29, 0.717) is 11.3 Å². The number of anilines is 1. The van der Waals surface area contributed by atoms with Gasteiger partial charge in [-0.2, -0.15) is 0 Å². The number of ether oxygens (including phenoxy) is 2. The first kappa shape index (κ1) is 23.1. The molecule has 0 aliphatic carbocycles. The molecule has 0 saturated carbocycles. The van der Waals surface area contributed by atoms with Crippen LogP contribution in [0, 0.1) is 13.8 Å². The number of hydrogen-bond acceptors (Lipinski definition) is 7. The summed E-state index contributed by atoms with van der Waals surface area (Å²) in [6, 6.07) is 12.5. The van der Waals surface area contributed by atoms with Gasteiger partial charge in [-0.25, -0.2) is 0 Å². The lowest BCUT2D eigenvalue weighted by Crippen LogP contribution is -2.34. The molecule has 0 unspecified atom stereocenters. The van der Waals surface area contributed by atoms with E-state index in [9.17, 15) is 19.2 Å². The van der Waals surface area contributed by atoms with Crippen molar-refractivity contribution >= 4 is 46.5 Å². The third-order valence-electron chi connectivity index (χ3n) is 4.57. The Morgan fingerprint density at radius 2 is 1.91 bits per heavy atom. The Morgan fingerprint density at radius 3 is 2.62 bits per heavy atom. The number of aryl methyl sites for hydroxylation is 2. The summed E-state index contributed by atoms with van der Waals surface area (Å²) in [5.41, 5.74) is 3.40. The molecule has 0 atom stereocenters. The van der Waals surface area contributed by atoms with Crippen LogP contribution in [0.1, 0.15) is 16.7 Å². The molecule has 0 aromatic heterocycles. The summed E-state index contributed by atoms with van der Waals surface area (Å²) in [5.74, 6) is -1.11. The second-order valence-corrected chi connectivity index (χ2v) is 8.06. The van der Waals surface area contributed by atoms with Gasteiger partial charge < -0.3 is 14.8 Å². The molecule has 1 saturated heterocycles. The summed E-state index contributed by atoms with van der Waals surface area (Å²) in [5, 5.41) is 2.27. The molecule has 0 spiro atoms. The van der Waals surface area contributed by atoms with E-state index >= 15 is 0 Å². The maximum absolute atomic E-state index is 12.4. The Kier molecular flexibility index (Phi) is 7.32. The molecule has 9 heteroatoms. The molecule has 0 bridgehead atoms. The molecular formula is C23H22N2O6S. The normalized spacial score (nSPS) is 14.6. The zero-order valence-electron chi connectivity index (χ0n) is 17.8. The number of amides is 3. The Bertz CT molecular complexity index is 1110. The highest BCUT2D eigenvalue weighted by molar-refractivity contribution is 8.18. The van der Waals surface area contributed by atoms with Crippen LogP contribution >= 0.6 is 11.8 Å². The molecule has 3 rings (SSSR count). The van der Waals surface area contributed by atoms with Crippen molar-refractivity contribution in [2.45, 2.75) is 13.8 Å². The largest absolute Gasteiger partial charge is 0.484 e. The number of esters is 1. The molecule has 2 aromatic carbocycles. The minimum atomic E-state index is -0.678. The van der Waals surface area contributed by atoms with Crippen LogP contribution in [0.3, 0.4) is 0 Å². The maximum atomic E-state index is 12.4. The van der Waals surface area contributed by atoms with Crippen LogP contribution in [0.15, 0.2) is 47.4 Å². The second-order valence-electron chi connectivity index (χ2n) is 7.07. The van der Waals surface area contributed by atoms with Gasteiger partial charge in [-0.3, -0.25) is 24.1 Å². The van der Waals surface area contributed by atoms with Crippen LogP contribution in [-0.2, 0) is 19.1 Å². The second kappa shape index (κ2) is 10.1. The average molecular weight is 455 g/mol. The molecule has 3 amide bonds. The van der Waals surface area contributed by atoms with Crippen molar-refractivity contribution in [3.63, 3.8) is 0 Å². The monoisotopic (exact) mass is 454 g/mol. The lowest BCUT2D eigenvalue weighted by Gasteiger charge is -2.11. The van der Waals surface area contributed by atoms with E-state index in [1.165, 1.54) is 13.2 Å². The van der Waals surface area contributed by atoms with E-state index in [0.717, 1.165) is 33.5 Å². The average Bonchev–Trinajstić information content (AvgIpc) is 3.01. The Labute approximate surface area is 189 Å². The molecule has 1 heterocycles. The number of nitrogens with zero attached hydrogens (tertiary/aromatic N) is 1. The lowest BCUT2D eigenvalue weighted by molar-refractivity contribution is -0.143. The minimum absolute atomic E-state index is 0.184. The van der Waals surface area contributed by atoms with Crippen LogP contribution in [-0.4, -0.2) is 48.2 Å². The number of methoxy groups -OCH3 is 1. The molecule has 8 nitrogen and oxygen atoms in total. The standard InChI is InChI=1S/C23H22N2O6S/c1-14-7-8-18(15(2)9-14)24-20(26)13-31-17-6-4-5-16(10-17)11-19-22(28)25(23(29)32-19)12-21(27)30-3/h4-11H,12-13H2,1-3H3,(H,24,26)/b19-11-. The van der Waals surface area contributed by atoms with E-state index in [1.54, 1.807) is 24.3 Å². The molecule has 2 aromatic rings. The Morgan fingerprint density at radius 1 is 1.12 bits per heavy atom. The Hall–Kier alpha value is -3.59. The van der Waals surface area contributed by atoms with Crippen molar-refractivity contribution in [2.75, 3.05) is 25.6 Å². The highest BCUT2D eigenvalue weighted by atomic mass is 32.2. The number of thioether (sulfide) groups is 1. The van der Waals surface area contributed by atoms with E-state index in [2.05, 4.69) is 10.1 Å². The maximum Gasteiger partial charge on any atom is 0.325 e. The van der Waals surface area contributed by atoms with Gasteiger partial charge in [0, 0.05) is 5.69 Å². The van der Waals surface area contributed by atoms with Gasteiger partial charge in [0.05, 0.1) is 12.0 Å². The van der Waals surface area contributed by atoms with Gasteiger partial charge in [-0.15, -0.1) is 0 Å². The number of rotatable bonds is 7. The first-order valence-corrected chi connectivity index (χ1v) is 10.5. The first-order chi connectivity index (χ1) is 15.3. The van der Waals surface area contributed by atoms with Crippen molar-refractivity contribution in [2.24, 2.45) is 0 Å². The SMILES string of the molecule is COC(=O)CN1C(=O)S/C(=C\c2cccc(OCC(=O)Nc3ccc(C)cc3C)c2)C1=O. The van der Waals surface area contributed by atoms with E-state index in [1.807, 2.05) is 32.0 Å². The van der Waals surface area contributed by atoms with Crippen LogP contribution in [0.25, 0.3) is 6.08 Å². The fourth-order valence-electron chi connectivity index (χ4n) is 2.96. The highest BCUT2D eigenvalue weighted by Gasteiger charge is 2.36. The van der Waals surface area contributed by atoms with Gasteiger partial charge in [-0.05, 0) is 61.0 Å². The number of hydrogen-bond donors (Lipinski definition) is 1. The predicted octanol–water partition coefficient (Wildman–Crippen LogP) is 3.53. The fraction of sp³-hybridized carbons (Fsp3) is 0.217. The fourth-order valence-corrected chi connectivity index (χ4v) is 3.80. The van der Waals surface area contributed by atoms with Crippen LogP contribution in [0.2, 0.25) is 0 Å². The molecule has 1 fully saturated rings. The number of carbonyl (C=O) groups is 4. The molecule has 1 aliphatic heterocycles. The van der Waals surface area contributed by atoms with Crippen molar-refractivity contribution < 1.29 is 28.7 Å². The van der Waals surface area contributed by atoms with E-state index in [-0.39, 0.29) is 17.4 Å². The molecule has 1 N–H and O–H groups in total. The van der Waals surface area contributed by atoms with Gasteiger partial charge in [0.1, 0.15) is 12.3 Å². The molecule has 0 radical (unpaired) electrons. The van der Waals surface area contributed by atoms with Crippen molar-refractivity contribution in [3.05, 3.63) is 64.1 Å². The third kappa shape index (κ3) is 5.76. The quantitative estimate of drug-likeness (QED) is 0.504. The summed E-state index contributed by atoms with van der Waals surface area (Å²) in [6.07, 6.45) is 1.53. The van der Waals surface area contributed by atoms with Crippen molar-refractivity contribution in [1.82, 2.24) is 4.90 Å². The van der Waals surface area contributed by atoms with Gasteiger partial charge >= 0.3 is 5.97 Å². The predicted molar refractivity (Wildman–Crippen MR) is 121 cm³/mol. The summed E-state index contributed by atoms with van der Waals surface area (Å²) in [4.78, 5) is 49.1. The van der Waals surface area contributed by atoms with Crippen LogP contribution in [0.5, 0.6) is 5.75 Å². The first-order valence-electron chi connectivity index (χ1n) is 9.69. The van der Waals surface area contributed by atoms with Crippen molar-refractivity contribution in [1.29, 1.82) is 0 Å². The van der Waals surface area contributed by atoms with E-state index < -0.39 is 23.7 Å². The smallest absolute Gasteiger partial charge is 0.325 e. The number of carbonyl (C=O) groups excluding carboxylic acids is 4. The summed E-state index contributed by atoms with van der Waals surface area (Å²) in [6.45, 7) is 3.28. The van der Waals surface area contributed by atoms with Gasteiger partial charge in [0.15, 0.2) is 6.61 Å². The zero-order chi connectivity index (χ0) is 23.3. The van der Waals surface area contributed by atoms with Gasteiger partial charge in [0.25, 0.3) is 17.1 Å². The van der Waals surface area contributed by atoms with Crippen LogP contribution < -0.4 is 10.1 Å². The topological polar surface area (TPSA) is 102 Å². The summed E-state index contributed by atoms with van der Waals surface area (Å²) in [7, 11) is 1.19. The van der Waals surface area contributed by atoms with Gasteiger partial charge in [-0.1, -0.05) is 29.8 Å². The molecule has 32 heavy (non-hydrogen) atoms. The summed E-state index contributed by atoms with van der Waals surface area (Å²) >= 11 is 0.743. The molecule has 166 valence electrons. The lowest BCUT2D eigenvalue weighted by atomic mass is 10.1. The molecular weight excluding hydrogens is 432 g/mol. The number of nitrogens with one attached hydrogen (secondary N) is 1. The highest BCUT2D eigenvalue weighted by Crippen LogP contribution is 2.32. The molecule has 1 aliphatic rings. The third-order valence-corrected chi connectivity index (χ3v) is 5.48. The summed E-state index contributed by atoms with van der Waals surface area (Å²) < 4.78 is 10.1. The van der Waals surface area contributed by atoms with E-state index in [4.69, 9.17) is 4.74 Å². The van der Waals surface area contributed by atoms with Crippen LogP contribution in [0.4, 0.5) is 10.5 Å². The zero-order valence-corrected chi connectivity index (χ0v) is 18.7. The van der Waals surface area contributed by atoms with Crippen molar-refractivity contribution in [3.8, 4) is 5.75 Å². The Balaban J connectivity index is 1.63. The number of imide groups is 1. The van der Waals surface area contributed by atoms with Gasteiger partial charge in [0.2, 0.25) is 0 Å². The minimum Gasteiger partial charge on any atom is -0.484 e. The number of benzene rings is 2.